The van der Waals surface area contributed by atoms with Gasteiger partial charge >= 0.3 is 0 Å². The van der Waals surface area contributed by atoms with Gasteiger partial charge in [-0.05, 0) is 25.7 Å². The van der Waals surface area contributed by atoms with E-state index >= 15 is 0 Å². The van der Waals surface area contributed by atoms with Gasteiger partial charge in [0.15, 0.2) is 0 Å². The van der Waals surface area contributed by atoms with Gasteiger partial charge in [0.1, 0.15) is 5.60 Å². The van der Waals surface area contributed by atoms with Crippen molar-refractivity contribution in [1.82, 2.24) is 5.32 Å². The molecule has 120 valence electrons. The molecule has 0 aromatic carbocycles. The lowest BCUT2D eigenvalue weighted by atomic mass is 9.97. The predicted octanol–water partition coefficient (Wildman–Crippen LogP) is 0.930. The Morgan fingerprint density at radius 1 is 1.45 bits per heavy atom. The fourth-order valence-corrected chi connectivity index (χ4v) is 2.33. The van der Waals surface area contributed by atoms with Crippen molar-refractivity contribution in [2.24, 2.45) is 5.92 Å². The van der Waals surface area contributed by atoms with Gasteiger partial charge in [0, 0.05) is 32.7 Å². The molecule has 1 heterocycles. The second-order valence-corrected chi connectivity index (χ2v) is 6.26. The summed E-state index contributed by atoms with van der Waals surface area (Å²) in [5, 5.41) is 23.1. The van der Waals surface area contributed by atoms with Crippen LogP contribution in [-0.4, -0.2) is 60.9 Å². The maximum Gasteiger partial charge on any atom is 0.105 e. The Hall–Kier alpha value is -0.200. The predicted molar refractivity (Wildman–Crippen MR) is 78.7 cm³/mol. The first-order chi connectivity index (χ1) is 9.44. The maximum absolute atomic E-state index is 10.3. The normalized spacial score (nSPS) is 28.2. The topological polar surface area (TPSA) is 71.0 Å². The summed E-state index contributed by atoms with van der Waals surface area (Å²) in [5.41, 5.74) is -0.808. The monoisotopic (exact) mass is 289 g/mol. The molecule has 1 aliphatic heterocycles. The molecule has 1 rings (SSSR count). The average molecular weight is 289 g/mol. The van der Waals surface area contributed by atoms with Gasteiger partial charge < -0.3 is 25.0 Å². The number of rotatable bonds is 10. The highest BCUT2D eigenvalue weighted by atomic mass is 16.5. The summed E-state index contributed by atoms with van der Waals surface area (Å²) >= 11 is 0. The van der Waals surface area contributed by atoms with Crippen LogP contribution in [0, 0.1) is 5.92 Å². The molecule has 0 aromatic heterocycles. The number of hydrogen-bond acceptors (Lipinski definition) is 5. The molecule has 20 heavy (non-hydrogen) atoms. The summed E-state index contributed by atoms with van der Waals surface area (Å²) in [7, 11) is 0. The van der Waals surface area contributed by atoms with Gasteiger partial charge in [0.25, 0.3) is 0 Å². The van der Waals surface area contributed by atoms with Crippen molar-refractivity contribution in [3.63, 3.8) is 0 Å². The van der Waals surface area contributed by atoms with E-state index < -0.39 is 11.7 Å². The van der Waals surface area contributed by atoms with Gasteiger partial charge in [0.05, 0.1) is 18.8 Å². The Balaban J connectivity index is 2.01. The summed E-state index contributed by atoms with van der Waals surface area (Å²) in [4.78, 5) is 0. The lowest BCUT2D eigenvalue weighted by molar-refractivity contribution is -0.0293. The molecule has 0 aliphatic carbocycles. The lowest BCUT2D eigenvalue weighted by Crippen LogP contribution is -2.47. The van der Waals surface area contributed by atoms with E-state index in [1.807, 2.05) is 6.92 Å². The summed E-state index contributed by atoms with van der Waals surface area (Å²) in [6.45, 7) is 8.77. The Kier molecular flexibility index (Phi) is 7.99. The second-order valence-electron chi connectivity index (χ2n) is 6.26. The molecule has 0 aromatic rings. The Morgan fingerprint density at radius 2 is 2.20 bits per heavy atom. The third kappa shape index (κ3) is 6.50. The summed E-state index contributed by atoms with van der Waals surface area (Å²) in [6.07, 6.45) is 2.14. The molecule has 5 heteroatoms. The van der Waals surface area contributed by atoms with E-state index in [4.69, 9.17) is 9.47 Å². The van der Waals surface area contributed by atoms with Crippen LogP contribution in [0.3, 0.4) is 0 Å². The zero-order chi connectivity index (χ0) is 15.0. The van der Waals surface area contributed by atoms with E-state index in [9.17, 15) is 10.2 Å². The van der Waals surface area contributed by atoms with Gasteiger partial charge in [-0.3, -0.25) is 0 Å². The Bertz CT molecular complexity index is 262. The first-order valence-electron chi connectivity index (χ1n) is 7.74. The molecule has 3 unspecified atom stereocenters. The zero-order valence-corrected chi connectivity index (χ0v) is 13.1. The molecule has 3 atom stereocenters. The van der Waals surface area contributed by atoms with Crippen molar-refractivity contribution in [3.05, 3.63) is 0 Å². The van der Waals surface area contributed by atoms with E-state index in [1.165, 1.54) is 0 Å². The van der Waals surface area contributed by atoms with Crippen LogP contribution in [0.5, 0.6) is 0 Å². The number of hydrogen-bond donors (Lipinski definition) is 3. The highest BCUT2D eigenvalue weighted by Crippen LogP contribution is 2.24. The van der Waals surface area contributed by atoms with E-state index in [2.05, 4.69) is 19.2 Å². The molecule has 0 spiro atoms. The van der Waals surface area contributed by atoms with Crippen LogP contribution in [0.25, 0.3) is 0 Å². The quantitative estimate of drug-likeness (QED) is 0.522. The number of nitrogens with one attached hydrogen (secondary N) is 1. The van der Waals surface area contributed by atoms with Gasteiger partial charge in [-0.1, -0.05) is 13.8 Å². The first kappa shape index (κ1) is 17.9. The third-order valence-electron chi connectivity index (χ3n) is 3.85. The van der Waals surface area contributed by atoms with Gasteiger partial charge in [-0.2, -0.15) is 0 Å². The molecule has 3 N–H and O–H groups in total. The van der Waals surface area contributed by atoms with Crippen molar-refractivity contribution >= 4 is 0 Å². The molecule has 0 saturated carbocycles. The van der Waals surface area contributed by atoms with Crippen molar-refractivity contribution in [2.45, 2.75) is 57.8 Å². The van der Waals surface area contributed by atoms with Crippen LogP contribution < -0.4 is 5.32 Å². The van der Waals surface area contributed by atoms with E-state index in [0.717, 1.165) is 12.8 Å². The van der Waals surface area contributed by atoms with Crippen molar-refractivity contribution in [1.29, 1.82) is 0 Å². The van der Waals surface area contributed by atoms with E-state index in [0.29, 0.717) is 45.2 Å². The summed E-state index contributed by atoms with van der Waals surface area (Å²) in [6, 6.07) is 0. The summed E-state index contributed by atoms with van der Waals surface area (Å²) < 4.78 is 10.8. The van der Waals surface area contributed by atoms with Crippen molar-refractivity contribution < 1.29 is 19.7 Å². The van der Waals surface area contributed by atoms with Crippen LogP contribution in [-0.2, 0) is 9.47 Å². The van der Waals surface area contributed by atoms with E-state index in [-0.39, 0.29) is 6.10 Å². The Labute approximate surface area is 122 Å². The molecule has 0 radical (unpaired) electrons. The minimum Gasteiger partial charge on any atom is -0.389 e. The van der Waals surface area contributed by atoms with E-state index in [1.54, 1.807) is 0 Å². The number of aliphatic hydroxyl groups is 2. The van der Waals surface area contributed by atoms with Gasteiger partial charge in [-0.25, -0.2) is 0 Å². The van der Waals surface area contributed by atoms with Crippen molar-refractivity contribution in [3.8, 4) is 0 Å². The van der Waals surface area contributed by atoms with Crippen LogP contribution >= 0.6 is 0 Å². The smallest absolute Gasteiger partial charge is 0.105 e. The minimum absolute atomic E-state index is 0.153. The summed E-state index contributed by atoms with van der Waals surface area (Å²) in [5.74, 6) is 0.696. The largest absolute Gasteiger partial charge is 0.389 e. The van der Waals surface area contributed by atoms with Crippen LogP contribution in [0.4, 0.5) is 0 Å². The standard InChI is InChI=1S/C15H31NO4/c1-12(2)5-4-7-19-10-14(17)9-16-11-15(18)6-8-20-13(15)3/h12-14,16-18H,4-11H2,1-3H3. The Morgan fingerprint density at radius 3 is 2.80 bits per heavy atom. The zero-order valence-electron chi connectivity index (χ0n) is 13.1. The van der Waals surface area contributed by atoms with Crippen LogP contribution in [0.2, 0.25) is 0 Å². The fraction of sp³-hybridized carbons (Fsp3) is 1.00. The molecule has 1 fully saturated rings. The molecule has 5 nitrogen and oxygen atoms in total. The average Bonchev–Trinajstić information content (AvgIpc) is 2.69. The highest BCUT2D eigenvalue weighted by Gasteiger charge is 2.39. The van der Waals surface area contributed by atoms with Gasteiger partial charge in [0.2, 0.25) is 0 Å². The molecule has 0 amide bonds. The first-order valence-corrected chi connectivity index (χ1v) is 7.74. The lowest BCUT2D eigenvalue weighted by Gasteiger charge is -2.26. The fourth-order valence-electron chi connectivity index (χ4n) is 2.33. The SMILES string of the molecule is CC(C)CCCOCC(O)CNCC1(O)CCOC1C. The van der Waals surface area contributed by atoms with Crippen molar-refractivity contribution in [2.75, 3.05) is 32.9 Å². The highest BCUT2D eigenvalue weighted by molar-refractivity contribution is 4.91. The maximum atomic E-state index is 10.3. The van der Waals surface area contributed by atoms with Crippen LogP contribution in [0.1, 0.15) is 40.0 Å². The molecule has 0 bridgehead atoms. The molecular formula is C15H31NO4. The number of ether oxygens (including phenoxy) is 2. The minimum atomic E-state index is -0.808. The molecular weight excluding hydrogens is 258 g/mol. The van der Waals surface area contributed by atoms with Crippen LogP contribution in [0.15, 0.2) is 0 Å². The van der Waals surface area contributed by atoms with Gasteiger partial charge in [-0.15, -0.1) is 0 Å². The molecule has 1 aliphatic rings. The number of aliphatic hydroxyl groups excluding tert-OH is 1. The molecule has 1 saturated heterocycles. The second kappa shape index (κ2) is 8.95. The third-order valence-corrected chi connectivity index (χ3v) is 3.85.